The fourth-order valence-corrected chi connectivity index (χ4v) is 13.4. The molecule has 2 fully saturated rings. The van der Waals surface area contributed by atoms with Crippen molar-refractivity contribution >= 4 is 35.5 Å². The molecular formula is C43H57N3O4Si. The molecule has 0 bridgehead atoms. The van der Waals surface area contributed by atoms with Crippen LogP contribution < -0.4 is 21.2 Å². The molecule has 1 saturated carbocycles. The number of rotatable bonds is 10. The van der Waals surface area contributed by atoms with Crippen LogP contribution in [0, 0.1) is 12.8 Å². The van der Waals surface area contributed by atoms with Crippen LogP contribution in [0.25, 0.3) is 10.9 Å². The molecule has 1 amide bonds. The SMILES string of the molecule is Cc1cccc2c1cc(C(=O)NCC1CCN(CC3(O)CCC(O[Si](c4ccccc4)(c4ccccc4)C(C)(C)C)CC3)CC1)c(=O)n2C(C)C. The number of carbonyl (C=O) groups excluding carboxylic acids is 1. The number of likely N-dealkylation sites (tertiary alicyclic amines) is 1. The van der Waals surface area contributed by atoms with Crippen molar-refractivity contribution in [3.05, 3.63) is 106 Å². The van der Waals surface area contributed by atoms with Gasteiger partial charge in [-0.3, -0.25) is 9.59 Å². The lowest BCUT2D eigenvalue weighted by Gasteiger charge is -2.48. The smallest absolute Gasteiger partial charge is 0.264 e. The molecule has 2 aliphatic rings. The molecule has 2 heterocycles. The lowest BCUT2D eigenvalue weighted by atomic mass is 9.82. The van der Waals surface area contributed by atoms with Crippen molar-refractivity contribution in [2.75, 3.05) is 26.2 Å². The van der Waals surface area contributed by atoms with Gasteiger partial charge in [0.25, 0.3) is 19.8 Å². The number of nitrogens with zero attached hydrogens (tertiary/aromatic N) is 2. The number of fused-ring (bicyclic) bond motifs is 1. The Morgan fingerprint density at radius 3 is 2.06 bits per heavy atom. The predicted molar refractivity (Wildman–Crippen MR) is 211 cm³/mol. The average molecular weight is 708 g/mol. The lowest BCUT2D eigenvalue weighted by molar-refractivity contribution is -0.0544. The molecule has 0 radical (unpaired) electrons. The van der Waals surface area contributed by atoms with Crippen LogP contribution in [0.15, 0.2) is 89.7 Å². The zero-order valence-electron chi connectivity index (χ0n) is 31.5. The third-order valence-electron chi connectivity index (χ3n) is 11.5. The highest BCUT2D eigenvalue weighted by Gasteiger charge is 2.52. The van der Waals surface area contributed by atoms with Gasteiger partial charge in [0.05, 0.1) is 11.1 Å². The minimum Gasteiger partial charge on any atom is -0.404 e. The van der Waals surface area contributed by atoms with Crippen molar-refractivity contribution < 1.29 is 14.3 Å². The van der Waals surface area contributed by atoms with E-state index in [-0.39, 0.29) is 34.2 Å². The van der Waals surface area contributed by atoms with Gasteiger partial charge in [0.2, 0.25) is 0 Å². The number of benzene rings is 3. The van der Waals surface area contributed by atoms with Crippen molar-refractivity contribution in [3.8, 4) is 0 Å². The molecule has 6 rings (SSSR count). The molecule has 1 aliphatic carbocycles. The van der Waals surface area contributed by atoms with Gasteiger partial charge < -0.3 is 24.3 Å². The van der Waals surface area contributed by atoms with E-state index in [2.05, 4.69) is 91.7 Å². The number of nitrogens with one attached hydrogen (secondary N) is 1. The summed E-state index contributed by atoms with van der Waals surface area (Å²) < 4.78 is 9.13. The van der Waals surface area contributed by atoms with Gasteiger partial charge in [0, 0.05) is 30.6 Å². The molecule has 1 aliphatic heterocycles. The van der Waals surface area contributed by atoms with E-state index >= 15 is 0 Å². The Labute approximate surface area is 305 Å². The van der Waals surface area contributed by atoms with E-state index in [1.807, 2.05) is 39.0 Å². The first-order valence-electron chi connectivity index (χ1n) is 19.0. The van der Waals surface area contributed by atoms with E-state index < -0.39 is 13.9 Å². The Balaban J connectivity index is 1.04. The first-order valence-corrected chi connectivity index (χ1v) is 20.9. The molecular weight excluding hydrogens is 651 g/mol. The summed E-state index contributed by atoms with van der Waals surface area (Å²) in [5.41, 5.74) is 1.15. The maximum Gasteiger partial charge on any atom is 0.264 e. The highest BCUT2D eigenvalue weighted by atomic mass is 28.4. The summed E-state index contributed by atoms with van der Waals surface area (Å²) in [5.74, 6) is 0.0401. The van der Waals surface area contributed by atoms with Crippen LogP contribution >= 0.6 is 0 Å². The molecule has 0 atom stereocenters. The summed E-state index contributed by atoms with van der Waals surface area (Å²) in [5, 5.41) is 18.4. The van der Waals surface area contributed by atoms with E-state index in [9.17, 15) is 14.7 Å². The number of β-amino-alcohol motifs (C(OH)–C–C–N with tert-alkyl or cyclic N) is 1. The van der Waals surface area contributed by atoms with Crippen molar-refractivity contribution in [1.29, 1.82) is 0 Å². The van der Waals surface area contributed by atoms with Crippen LogP contribution in [-0.4, -0.2) is 66.7 Å². The molecule has 1 aromatic heterocycles. The summed E-state index contributed by atoms with van der Waals surface area (Å²) in [6.45, 7) is 15.9. The molecule has 4 aromatic rings. The minimum atomic E-state index is -2.64. The van der Waals surface area contributed by atoms with Gasteiger partial charge in [-0.2, -0.15) is 0 Å². The fraction of sp³-hybridized carbons (Fsp3) is 0.488. The Bertz CT molecular complexity index is 1810. The molecule has 7 nitrogen and oxygen atoms in total. The van der Waals surface area contributed by atoms with Gasteiger partial charge in [-0.15, -0.1) is 0 Å². The number of pyridine rings is 1. The Kier molecular flexibility index (Phi) is 11.1. The highest BCUT2D eigenvalue weighted by Crippen LogP contribution is 2.41. The van der Waals surface area contributed by atoms with Gasteiger partial charge in [0.15, 0.2) is 0 Å². The summed E-state index contributed by atoms with van der Waals surface area (Å²) in [7, 11) is -2.64. The number of aromatic nitrogens is 1. The van der Waals surface area contributed by atoms with Crippen molar-refractivity contribution in [1.82, 2.24) is 14.8 Å². The maximum atomic E-state index is 13.4. The summed E-state index contributed by atoms with van der Waals surface area (Å²) in [4.78, 5) is 29.2. The number of aryl methyl sites for hydroxylation is 1. The molecule has 0 unspecified atom stereocenters. The first-order chi connectivity index (χ1) is 24.3. The van der Waals surface area contributed by atoms with Crippen LogP contribution in [0.2, 0.25) is 5.04 Å². The fourth-order valence-electron chi connectivity index (χ4n) is 8.63. The number of hydrogen-bond acceptors (Lipinski definition) is 5. The Morgan fingerprint density at radius 1 is 0.922 bits per heavy atom. The van der Waals surface area contributed by atoms with Crippen LogP contribution in [0.3, 0.4) is 0 Å². The Hall–Kier alpha value is -3.56. The van der Waals surface area contributed by atoms with E-state index in [0.717, 1.165) is 68.1 Å². The molecule has 8 heteroatoms. The number of carbonyl (C=O) groups is 1. The normalized spacial score (nSPS) is 20.9. The monoisotopic (exact) mass is 707 g/mol. The average Bonchev–Trinajstić information content (AvgIpc) is 3.11. The number of piperidine rings is 1. The predicted octanol–water partition coefficient (Wildman–Crippen LogP) is 6.58. The third kappa shape index (κ3) is 7.80. The highest BCUT2D eigenvalue weighted by molar-refractivity contribution is 6.99. The van der Waals surface area contributed by atoms with Crippen LogP contribution in [0.5, 0.6) is 0 Å². The molecule has 1 saturated heterocycles. The standard InChI is InChI=1S/C43H57N3O4Si/c1-31(2)46-39-19-13-14-32(3)37(39)28-38(41(46)48)40(47)44-29-33-22-26-45(27-23-33)30-43(49)24-20-34(21-25-43)50-51(42(4,5)6,35-15-9-7-10-16-35)36-17-11-8-12-18-36/h7-19,28,31,33-34,49H,20-27,29-30H2,1-6H3,(H,44,47). The zero-order valence-corrected chi connectivity index (χ0v) is 32.5. The van der Waals surface area contributed by atoms with E-state index in [1.165, 1.54) is 10.4 Å². The van der Waals surface area contributed by atoms with Crippen LogP contribution in [0.1, 0.15) is 95.1 Å². The van der Waals surface area contributed by atoms with Gasteiger partial charge in [-0.05, 0) is 111 Å². The van der Waals surface area contributed by atoms with Gasteiger partial charge >= 0.3 is 0 Å². The quantitative estimate of drug-likeness (QED) is 0.182. The van der Waals surface area contributed by atoms with E-state index in [1.54, 1.807) is 10.6 Å². The summed E-state index contributed by atoms with van der Waals surface area (Å²) in [6, 6.07) is 29.3. The van der Waals surface area contributed by atoms with E-state index in [0.29, 0.717) is 19.0 Å². The largest absolute Gasteiger partial charge is 0.404 e. The third-order valence-corrected chi connectivity index (χ3v) is 16.6. The second-order valence-corrected chi connectivity index (χ2v) is 20.7. The number of aliphatic hydroxyl groups is 1. The second-order valence-electron chi connectivity index (χ2n) is 16.5. The number of amides is 1. The first kappa shape index (κ1) is 37.2. The molecule has 272 valence electrons. The maximum absolute atomic E-state index is 13.4. The molecule has 51 heavy (non-hydrogen) atoms. The van der Waals surface area contributed by atoms with Crippen molar-refractivity contribution in [2.24, 2.45) is 5.92 Å². The van der Waals surface area contributed by atoms with Crippen LogP contribution in [-0.2, 0) is 4.43 Å². The van der Waals surface area contributed by atoms with Gasteiger partial charge in [-0.1, -0.05) is 93.6 Å². The number of hydrogen-bond donors (Lipinski definition) is 2. The lowest BCUT2D eigenvalue weighted by Crippen LogP contribution is -2.68. The van der Waals surface area contributed by atoms with Gasteiger partial charge in [0.1, 0.15) is 5.56 Å². The molecule has 3 aromatic carbocycles. The van der Waals surface area contributed by atoms with Crippen molar-refractivity contribution in [2.45, 2.75) is 103 Å². The molecule has 2 N–H and O–H groups in total. The topological polar surface area (TPSA) is 83.8 Å². The van der Waals surface area contributed by atoms with Crippen molar-refractivity contribution in [3.63, 3.8) is 0 Å². The van der Waals surface area contributed by atoms with E-state index in [4.69, 9.17) is 4.43 Å². The Morgan fingerprint density at radius 2 is 1.51 bits per heavy atom. The zero-order chi connectivity index (χ0) is 36.4. The second kappa shape index (κ2) is 15.2. The molecule has 0 spiro atoms. The van der Waals surface area contributed by atoms with Gasteiger partial charge in [-0.25, -0.2) is 0 Å². The summed E-state index contributed by atoms with van der Waals surface area (Å²) >= 11 is 0. The van der Waals surface area contributed by atoms with Crippen LogP contribution in [0.4, 0.5) is 0 Å². The summed E-state index contributed by atoms with van der Waals surface area (Å²) in [6.07, 6.45) is 5.14. The minimum absolute atomic E-state index is 0.0567.